The van der Waals surface area contributed by atoms with Gasteiger partial charge in [-0.15, -0.1) is 0 Å². The molecule has 13 heavy (non-hydrogen) atoms. The maximum absolute atomic E-state index is 12.5. The summed E-state index contributed by atoms with van der Waals surface area (Å²) in [7, 11) is 0. The summed E-state index contributed by atoms with van der Waals surface area (Å²) >= 11 is -0.231. The van der Waals surface area contributed by atoms with Gasteiger partial charge in [-0.25, -0.2) is 4.39 Å². The third-order valence-corrected chi connectivity index (χ3v) is 2.27. The minimum atomic E-state index is -4.32. The van der Waals surface area contributed by atoms with Crippen LogP contribution in [0.3, 0.4) is 0 Å². The third kappa shape index (κ3) is 3.26. The molecule has 0 saturated carbocycles. The van der Waals surface area contributed by atoms with E-state index >= 15 is 0 Å². The smallest absolute Gasteiger partial charge is 0.207 e. The molecule has 1 aromatic carbocycles. The standard InChI is InChI=1S/C8H6F4S/c1-5-4-6(9)2-3-7(5)13-8(10,11)12/h2-4H,1H3. The number of aryl methyl sites for hydroxylation is 1. The molecule has 1 rings (SSSR count). The second-order valence-corrected chi connectivity index (χ2v) is 3.56. The van der Waals surface area contributed by atoms with Crippen LogP contribution in [0.25, 0.3) is 0 Å². The predicted molar refractivity (Wildman–Crippen MR) is 43.0 cm³/mol. The molecule has 0 fully saturated rings. The first-order valence-electron chi connectivity index (χ1n) is 3.40. The van der Waals surface area contributed by atoms with Crippen LogP contribution in [0.2, 0.25) is 0 Å². The molecule has 0 amide bonds. The Hall–Kier alpha value is -0.710. The quantitative estimate of drug-likeness (QED) is 0.502. The van der Waals surface area contributed by atoms with E-state index in [1.165, 1.54) is 6.92 Å². The highest BCUT2D eigenvalue weighted by atomic mass is 32.2. The predicted octanol–water partition coefficient (Wildman–Crippen LogP) is 3.75. The van der Waals surface area contributed by atoms with E-state index in [0.29, 0.717) is 5.56 Å². The van der Waals surface area contributed by atoms with Gasteiger partial charge in [0, 0.05) is 4.90 Å². The van der Waals surface area contributed by atoms with Gasteiger partial charge in [0.05, 0.1) is 0 Å². The van der Waals surface area contributed by atoms with E-state index in [1.54, 1.807) is 0 Å². The molecule has 0 unspecified atom stereocenters. The fourth-order valence-corrected chi connectivity index (χ4v) is 1.46. The van der Waals surface area contributed by atoms with Gasteiger partial charge in [-0.05, 0) is 42.4 Å². The molecule has 72 valence electrons. The minimum Gasteiger partial charge on any atom is -0.207 e. The Morgan fingerprint density at radius 2 is 1.85 bits per heavy atom. The van der Waals surface area contributed by atoms with Gasteiger partial charge in [0.15, 0.2) is 0 Å². The Kier molecular flexibility index (Phi) is 2.85. The number of alkyl halides is 3. The highest BCUT2D eigenvalue weighted by molar-refractivity contribution is 8.00. The molecule has 0 saturated heterocycles. The van der Waals surface area contributed by atoms with E-state index < -0.39 is 11.3 Å². The van der Waals surface area contributed by atoms with Gasteiger partial charge >= 0.3 is 5.51 Å². The second kappa shape index (κ2) is 3.57. The summed E-state index contributed by atoms with van der Waals surface area (Å²) in [5.41, 5.74) is -4.02. The van der Waals surface area contributed by atoms with E-state index in [4.69, 9.17) is 0 Å². The molecule has 1 aromatic rings. The zero-order chi connectivity index (χ0) is 10.1. The van der Waals surface area contributed by atoms with Crippen molar-refractivity contribution in [3.63, 3.8) is 0 Å². The zero-order valence-corrected chi connectivity index (χ0v) is 7.47. The van der Waals surface area contributed by atoms with Crippen molar-refractivity contribution < 1.29 is 17.6 Å². The lowest BCUT2D eigenvalue weighted by Crippen LogP contribution is -2.00. The van der Waals surface area contributed by atoms with Crippen LogP contribution in [0.1, 0.15) is 5.56 Å². The highest BCUT2D eigenvalue weighted by Gasteiger charge is 2.29. The topological polar surface area (TPSA) is 0 Å². The molecular formula is C8H6F4S. The minimum absolute atomic E-state index is 0.0360. The van der Waals surface area contributed by atoms with Crippen LogP contribution in [0.15, 0.2) is 23.1 Å². The Bertz CT molecular complexity index is 306. The Labute approximate surface area is 76.9 Å². The number of hydrogen-bond donors (Lipinski definition) is 0. The van der Waals surface area contributed by atoms with Crippen molar-refractivity contribution in [2.75, 3.05) is 0 Å². The van der Waals surface area contributed by atoms with Crippen molar-refractivity contribution in [3.05, 3.63) is 29.6 Å². The third-order valence-electron chi connectivity index (χ3n) is 1.36. The van der Waals surface area contributed by atoms with Crippen LogP contribution in [0, 0.1) is 12.7 Å². The van der Waals surface area contributed by atoms with Crippen LogP contribution in [0.4, 0.5) is 17.6 Å². The summed E-state index contributed by atoms with van der Waals surface area (Å²) in [6, 6.07) is 3.22. The van der Waals surface area contributed by atoms with Crippen molar-refractivity contribution in [2.45, 2.75) is 17.3 Å². The first kappa shape index (κ1) is 10.4. The number of hydrogen-bond acceptors (Lipinski definition) is 1. The number of rotatable bonds is 1. The van der Waals surface area contributed by atoms with Crippen molar-refractivity contribution in [3.8, 4) is 0 Å². The van der Waals surface area contributed by atoms with Gasteiger partial charge in [-0.2, -0.15) is 13.2 Å². The van der Waals surface area contributed by atoms with E-state index in [-0.39, 0.29) is 16.7 Å². The summed E-state index contributed by atoms with van der Waals surface area (Å²) in [6.45, 7) is 1.44. The molecule has 0 heterocycles. The molecule has 0 atom stereocenters. The SMILES string of the molecule is Cc1cc(F)ccc1SC(F)(F)F. The summed E-state index contributed by atoms with van der Waals surface area (Å²) in [6.07, 6.45) is 0. The van der Waals surface area contributed by atoms with E-state index in [9.17, 15) is 17.6 Å². The van der Waals surface area contributed by atoms with E-state index in [0.717, 1.165) is 18.2 Å². The van der Waals surface area contributed by atoms with Gasteiger partial charge in [0.1, 0.15) is 5.82 Å². The zero-order valence-electron chi connectivity index (χ0n) is 6.65. The summed E-state index contributed by atoms with van der Waals surface area (Å²) in [4.78, 5) is 0.0360. The van der Waals surface area contributed by atoms with Crippen molar-refractivity contribution in [1.29, 1.82) is 0 Å². The largest absolute Gasteiger partial charge is 0.446 e. The first-order valence-corrected chi connectivity index (χ1v) is 4.22. The maximum Gasteiger partial charge on any atom is 0.446 e. The monoisotopic (exact) mass is 210 g/mol. The van der Waals surface area contributed by atoms with Crippen LogP contribution in [-0.2, 0) is 0 Å². The molecule has 0 N–H and O–H groups in total. The van der Waals surface area contributed by atoms with Crippen LogP contribution in [-0.4, -0.2) is 5.51 Å². The average Bonchev–Trinajstić information content (AvgIpc) is 1.93. The number of thioether (sulfide) groups is 1. The van der Waals surface area contributed by atoms with Gasteiger partial charge in [0.2, 0.25) is 0 Å². The van der Waals surface area contributed by atoms with Gasteiger partial charge in [-0.1, -0.05) is 0 Å². The maximum atomic E-state index is 12.5. The normalized spacial score (nSPS) is 11.8. The molecule has 0 nitrogen and oxygen atoms in total. The van der Waals surface area contributed by atoms with Crippen molar-refractivity contribution in [1.82, 2.24) is 0 Å². The van der Waals surface area contributed by atoms with Crippen molar-refractivity contribution in [2.24, 2.45) is 0 Å². The number of halogens is 4. The Morgan fingerprint density at radius 1 is 1.23 bits per heavy atom. The summed E-state index contributed by atoms with van der Waals surface area (Å²) in [5.74, 6) is -0.524. The van der Waals surface area contributed by atoms with Crippen molar-refractivity contribution >= 4 is 11.8 Å². The molecule has 0 aliphatic heterocycles. The van der Waals surface area contributed by atoms with E-state index in [2.05, 4.69) is 0 Å². The van der Waals surface area contributed by atoms with Gasteiger partial charge < -0.3 is 0 Å². The first-order chi connectivity index (χ1) is 5.88. The van der Waals surface area contributed by atoms with E-state index in [1.807, 2.05) is 0 Å². The molecule has 0 aromatic heterocycles. The van der Waals surface area contributed by atoms with Gasteiger partial charge in [-0.3, -0.25) is 0 Å². The molecule has 0 spiro atoms. The Balaban J connectivity index is 2.90. The lowest BCUT2D eigenvalue weighted by atomic mass is 10.2. The van der Waals surface area contributed by atoms with Crippen LogP contribution in [0.5, 0.6) is 0 Å². The fraction of sp³-hybridized carbons (Fsp3) is 0.250. The molecule has 0 radical (unpaired) electrons. The van der Waals surface area contributed by atoms with Crippen LogP contribution >= 0.6 is 11.8 Å². The second-order valence-electron chi connectivity index (χ2n) is 2.46. The Morgan fingerprint density at radius 3 is 2.31 bits per heavy atom. The number of benzene rings is 1. The summed E-state index contributed by atoms with van der Waals surface area (Å²) < 4.78 is 48.2. The lowest BCUT2D eigenvalue weighted by molar-refractivity contribution is -0.0328. The van der Waals surface area contributed by atoms with Crippen LogP contribution < -0.4 is 0 Å². The molecular weight excluding hydrogens is 204 g/mol. The molecule has 0 aliphatic rings. The molecule has 5 heteroatoms. The molecule has 0 bridgehead atoms. The lowest BCUT2D eigenvalue weighted by Gasteiger charge is -2.07. The average molecular weight is 210 g/mol. The fourth-order valence-electron chi connectivity index (χ4n) is 0.852. The highest BCUT2D eigenvalue weighted by Crippen LogP contribution is 2.38. The van der Waals surface area contributed by atoms with Gasteiger partial charge in [0.25, 0.3) is 0 Å². The molecule has 0 aliphatic carbocycles. The summed E-state index contributed by atoms with van der Waals surface area (Å²) in [5, 5.41) is 0.